The number of rotatable bonds is 5. The summed E-state index contributed by atoms with van der Waals surface area (Å²) < 4.78 is 11.1. The Balaban J connectivity index is 1.46. The van der Waals surface area contributed by atoms with E-state index < -0.39 is 0 Å². The van der Waals surface area contributed by atoms with E-state index in [1.807, 2.05) is 35.2 Å². The number of carbonyl (C=O) groups excluding carboxylic acids is 2. The lowest BCUT2D eigenvalue weighted by atomic mass is 10.1. The molecule has 0 aliphatic carbocycles. The summed E-state index contributed by atoms with van der Waals surface area (Å²) in [5, 5.41) is 6.16. The van der Waals surface area contributed by atoms with Crippen LogP contribution in [0.1, 0.15) is 28.5 Å². The van der Waals surface area contributed by atoms with Crippen LogP contribution >= 0.6 is 0 Å². The van der Waals surface area contributed by atoms with Gasteiger partial charge in [0, 0.05) is 26.7 Å². The Kier molecular flexibility index (Phi) is 5.36. The van der Waals surface area contributed by atoms with Crippen LogP contribution in [0.15, 0.2) is 34.9 Å². The number of hydrogen-bond donors (Lipinski definition) is 1. The van der Waals surface area contributed by atoms with Crippen LogP contribution in [0.2, 0.25) is 0 Å². The second-order valence-electron chi connectivity index (χ2n) is 7.02. The quantitative estimate of drug-likeness (QED) is 0.797. The summed E-state index contributed by atoms with van der Waals surface area (Å²) in [5.74, 6) is 0.112. The third-order valence-electron chi connectivity index (χ3n) is 5.13. The number of fused-ring (bicyclic) bond motifs is 1. The monoisotopic (exact) mass is 385 g/mol. The van der Waals surface area contributed by atoms with Crippen molar-refractivity contribution < 1.29 is 18.8 Å². The Morgan fingerprint density at radius 1 is 1.25 bits per heavy atom. The van der Waals surface area contributed by atoms with E-state index >= 15 is 0 Å². The minimum Gasteiger partial charge on any atom is -0.374 e. The molecule has 0 bridgehead atoms. The molecule has 2 aliphatic heterocycles. The highest BCUT2D eigenvalue weighted by Crippen LogP contribution is 2.26. The van der Waals surface area contributed by atoms with E-state index in [2.05, 4.69) is 20.4 Å². The van der Waals surface area contributed by atoms with E-state index in [0.29, 0.717) is 45.1 Å². The smallest absolute Gasteiger partial charge is 0.292 e. The first kappa shape index (κ1) is 18.6. The molecule has 2 fully saturated rings. The first-order chi connectivity index (χ1) is 13.6. The molecule has 0 radical (unpaired) electrons. The molecule has 1 aromatic carbocycles. The van der Waals surface area contributed by atoms with E-state index in [0.717, 1.165) is 5.56 Å². The van der Waals surface area contributed by atoms with Crippen molar-refractivity contribution in [3.63, 3.8) is 0 Å². The number of hydrogen-bond acceptors (Lipinski definition) is 7. The Hall–Kier alpha value is -2.78. The molecule has 2 aliphatic rings. The average molecular weight is 385 g/mol. The summed E-state index contributed by atoms with van der Waals surface area (Å²) >= 11 is 0. The van der Waals surface area contributed by atoms with Gasteiger partial charge in [-0.1, -0.05) is 35.5 Å². The predicted molar refractivity (Wildman–Crippen MR) is 98.1 cm³/mol. The van der Waals surface area contributed by atoms with Gasteiger partial charge in [-0.15, -0.1) is 0 Å². The number of ether oxygens (including phenoxy) is 1. The van der Waals surface area contributed by atoms with Gasteiger partial charge in [0.2, 0.25) is 11.8 Å². The standard InChI is InChI=1S/C19H23N5O4/c1-20-19(26)18-21-16(28-22-18)12-23-10-14-15(11-23)27-8-7-17(25)24(14)9-13-5-3-2-4-6-13/h2-6,14-15H,7-12H2,1H3,(H,20,26)/t14-,15-/m0/s1. The molecule has 3 heterocycles. The van der Waals surface area contributed by atoms with Crippen LogP contribution in [0.4, 0.5) is 0 Å². The van der Waals surface area contributed by atoms with Gasteiger partial charge in [0.15, 0.2) is 0 Å². The SMILES string of the molecule is CNC(=O)c1noc(CN2C[C@@H]3OCCC(=O)N(Cc4ccccc4)[C@H]3C2)n1. The van der Waals surface area contributed by atoms with Gasteiger partial charge in [-0.2, -0.15) is 4.98 Å². The van der Waals surface area contributed by atoms with Crippen molar-refractivity contribution in [3.05, 3.63) is 47.6 Å². The molecule has 2 aromatic rings. The first-order valence-corrected chi connectivity index (χ1v) is 9.36. The number of aromatic nitrogens is 2. The number of likely N-dealkylation sites (tertiary alicyclic amines) is 1. The minimum atomic E-state index is -0.385. The molecule has 2 saturated heterocycles. The molecular formula is C19H23N5O4. The Morgan fingerprint density at radius 2 is 2.07 bits per heavy atom. The zero-order valence-corrected chi connectivity index (χ0v) is 15.7. The number of amides is 2. The van der Waals surface area contributed by atoms with Crippen molar-refractivity contribution in [3.8, 4) is 0 Å². The number of benzene rings is 1. The lowest BCUT2D eigenvalue weighted by molar-refractivity contribution is -0.133. The predicted octanol–water partition coefficient (Wildman–Crippen LogP) is 0.431. The van der Waals surface area contributed by atoms with Crippen LogP contribution < -0.4 is 5.32 Å². The molecule has 9 nitrogen and oxygen atoms in total. The van der Waals surface area contributed by atoms with Gasteiger partial charge < -0.3 is 19.5 Å². The van der Waals surface area contributed by atoms with E-state index in [1.54, 1.807) is 0 Å². The van der Waals surface area contributed by atoms with E-state index in [4.69, 9.17) is 9.26 Å². The van der Waals surface area contributed by atoms with Crippen molar-refractivity contribution in [2.24, 2.45) is 0 Å². The lowest BCUT2D eigenvalue weighted by Crippen LogP contribution is -2.45. The third kappa shape index (κ3) is 3.90. The summed E-state index contributed by atoms with van der Waals surface area (Å²) in [5.41, 5.74) is 1.10. The summed E-state index contributed by atoms with van der Waals surface area (Å²) in [6, 6.07) is 9.95. The topological polar surface area (TPSA) is 101 Å². The molecule has 0 saturated carbocycles. The van der Waals surface area contributed by atoms with Gasteiger partial charge in [0.05, 0.1) is 31.7 Å². The van der Waals surface area contributed by atoms with Crippen LogP contribution in [-0.4, -0.2) is 70.6 Å². The van der Waals surface area contributed by atoms with Gasteiger partial charge >= 0.3 is 0 Å². The summed E-state index contributed by atoms with van der Waals surface area (Å²) in [7, 11) is 1.52. The van der Waals surface area contributed by atoms with Gasteiger partial charge in [-0.3, -0.25) is 14.5 Å². The maximum absolute atomic E-state index is 12.7. The fraction of sp³-hybridized carbons (Fsp3) is 0.474. The van der Waals surface area contributed by atoms with Crippen molar-refractivity contribution in [2.75, 3.05) is 26.7 Å². The fourth-order valence-electron chi connectivity index (χ4n) is 3.75. The second-order valence-corrected chi connectivity index (χ2v) is 7.02. The van der Waals surface area contributed by atoms with Crippen LogP contribution in [-0.2, 0) is 22.6 Å². The summed E-state index contributed by atoms with van der Waals surface area (Å²) in [6.07, 6.45) is 0.343. The van der Waals surface area contributed by atoms with Gasteiger partial charge in [-0.05, 0) is 5.56 Å². The largest absolute Gasteiger partial charge is 0.374 e. The minimum absolute atomic E-state index is 0.0167. The molecule has 2 atom stereocenters. The van der Waals surface area contributed by atoms with Crippen molar-refractivity contribution in [1.82, 2.24) is 25.3 Å². The van der Waals surface area contributed by atoms with Crippen LogP contribution in [0.3, 0.4) is 0 Å². The van der Waals surface area contributed by atoms with Crippen molar-refractivity contribution in [1.29, 1.82) is 0 Å². The Labute approximate surface area is 162 Å². The average Bonchev–Trinajstić information content (AvgIpc) is 3.30. The Morgan fingerprint density at radius 3 is 2.86 bits per heavy atom. The maximum Gasteiger partial charge on any atom is 0.292 e. The number of nitrogens with one attached hydrogen (secondary N) is 1. The van der Waals surface area contributed by atoms with Crippen LogP contribution in [0.25, 0.3) is 0 Å². The summed E-state index contributed by atoms with van der Waals surface area (Å²) in [6.45, 7) is 2.73. The van der Waals surface area contributed by atoms with E-state index in [1.165, 1.54) is 7.05 Å². The molecule has 1 N–H and O–H groups in total. The zero-order chi connectivity index (χ0) is 19.5. The highest BCUT2D eigenvalue weighted by atomic mass is 16.5. The molecule has 1 aromatic heterocycles. The number of nitrogens with zero attached hydrogens (tertiary/aromatic N) is 4. The summed E-state index contributed by atoms with van der Waals surface area (Å²) in [4.78, 5) is 32.4. The molecule has 2 amide bonds. The van der Waals surface area contributed by atoms with Crippen LogP contribution in [0, 0.1) is 0 Å². The highest BCUT2D eigenvalue weighted by molar-refractivity contribution is 5.89. The molecule has 0 unspecified atom stereocenters. The van der Waals surface area contributed by atoms with E-state index in [-0.39, 0.29) is 29.8 Å². The number of carbonyl (C=O) groups is 2. The first-order valence-electron chi connectivity index (χ1n) is 9.36. The van der Waals surface area contributed by atoms with Crippen LogP contribution in [0.5, 0.6) is 0 Å². The molecule has 4 rings (SSSR count). The highest BCUT2D eigenvalue weighted by Gasteiger charge is 2.41. The molecule has 148 valence electrons. The third-order valence-corrected chi connectivity index (χ3v) is 5.13. The molecule has 0 spiro atoms. The zero-order valence-electron chi connectivity index (χ0n) is 15.7. The second kappa shape index (κ2) is 8.07. The Bertz CT molecular complexity index is 840. The van der Waals surface area contributed by atoms with E-state index in [9.17, 15) is 9.59 Å². The molecule has 28 heavy (non-hydrogen) atoms. The van der Waals surface area contributed by atoms with Gasteiger partial charge in [-0.25, -0.2) is 0 Å². The molecule has 9 heteroatoms. The van der Waals surface area contributed by atoms with Crippen molar-refractivity contribution in [2.45, 2.75) is 31.7 Å². The molecular weight excluding hydrogens is 362 g/mol. The van der Waals surface area contributed by atoms with Crippen molar-refractivity contribution >= 4 is 11.8 Å². The normalized spacial score (nSPS) is 22.8. The van der Waals surface area contributed by atoms with Gasteiger partial charge in [0.1, 0.15) is 0 Å². The van der Waals surface area contributed by atoms with Gasteiger partial charge in [0.25, 0.3) is 11.7 Å². The lowest BCUT2D eigenvalue weighted by Gasteiger charge is -2.29. The maximum atomic E-state index is 12.7. The fourth-order valence-corrected chi connectivity index (χ4v) is 3.75.